The van der Waals surface area contributed by atoms with E-state index in [2.05, 4.69) is 4.98 Å². The summed E-state index contributed by atoms with van der Waals surface area (Å²) in [7, 11) is 7.18. The van der Waals surface area contributed by atoms with E-state index in [1.165, 1.54) is 0 Å². The largest absolute Gasteiger partial charge is 0.493 e. The number of benzene rings is 1. The van der Waals surface area contributed by atoms with E-state index < -0.39 is 0 Å². The van der Waals surface area contributed by atoms with Gasteiger partial charge < -0.3 is 14.5 Å². The quantitative estimate of drug-likeness (QED) is 0.787. The normalized spacial score (nSPS) is 10.8. The predicted octanol–water partition coefficient (Wildman–Crippen LogP) is 2.03. The summed E-state index contributed by atoms with van der Waals surface area (Å²) in [5, 5.41) is 1.98. The zero-order valence-corrected chi connectivity index (χ0v) is 12.4. The first-order chi connectivity index (χ1) is 9.12. The van der Waals surface area contributed by atoms with Crippen molar-refractivity contribution in [3.05, 3.63) is 18.0 Å². The average molecular weight is 284 g/mol. The fraction of sp³-hybridized carbons (Fsp3) is 0.462. The first-order valence-electron chi connectivity index (χ1n) is 5.99. The summed E-state index contributed by atoms with van der Waals surface area (Å²) in [6, 6.07) is 3.81. The molecule has 2 rings (SSSR count). The van der Waals surface area contributed by atoms with Crippen LogP contribution in [-0.2, 0) is 6.42 Å². The second-order valence-electron chi connectivity index (χ2n) is 4.32. The molecular formula is C13H18ClN3O2. The highest BCUT2D eigenvalue weighted by Crippen LogP contribution is 2.32. The average Bonchev–Trinajstić information content (AvgIpc) is 2.74. The highest BCUT2D eigenvalue weighted by atomic mass is 35.5. The van der Waals surface area contributed by atoms with Crippen molar-refractivity contribution >= 4 is 22.6 Å². The maximum absolute atomic E-state index is 5.84. The smallest absolute Gasteiger partial charge is 0.163 e. The molecule has 0 saturated carbocycles. The second kappa shape index (κ2) is 5.57. The van der Waals surface area contributed by atoms with Crippen LogP contribution in [0, 0.1) is 0 Å². The summed E-state index contributed by atoms with van der Waals surface area (Å²) in [6.45, 7) is 0. The van der Waals surface area contributed by atoms with Gasteiger partial charge in [0, 0.05) is 38.5 Å². The molecule has 104 valence electrons. The molecule has 0 bridgehead atoms. The van der Waals surface area contributed by atoms with E-state index in [-0.39, 0.29) is 0 Å². The molecule has 0 amide bonds. The molecule has 0 aliphatic heterocycles. The van der Waals surface area contributed by atoms with Gasteiger partial charge in [0.1, 0.15) is 5.82 Å². The molecule has 0 fully saturated rings. The lowest BCUT2D eigenvalue weighted by Gasteiger charge is -2.18. The minimum absolute atomic E-state index is 0.533. The van der Waals surface area contributed by atoms with Gasteiger partial charge in [-0.3, -0.25) is 0 Å². The van der Waals surface area contributed by atoms with E-state index in [1.807, 2.05) is 35.9 Å². The van der Waals surface area contributed by atoms with Gasteiger partial charge in [-0.05, 0) is 0 Å². The summed E-state index contributed by atoms with van der Waals surface area (Å²) in [6.07, 6.45) is 0.707. The topological polar surface area (TPSA) is 39.5 Å². The number of methoxy groups -OCH3 is 2. The Morgan fingerprint density at radius 2 is 1.84 bits per heavy atom. The van der Waals surface area contributed by atoms with Crippen molar-refractivity contribution in [1.82, 2.24) is 9.66 Å². The fourth-order valence-electron chi connectivity index (χ4n) is 2.13. The van der Waals surface area contributed by atoms with Crippen molar-refractivity contribution in [2.75, 3.05) is 39.2 Å². The summed E-state index contributed by atoms with van der Waals surface area (Å²) in [5.74, 6) is 2.82. The first kappa shape index (κ1) is 13.8. The first-order valence-corrected chi connectivity index (χ1v) is 6.52. The molecule has 0 N–H and O–H groups in total. The maximum atomic E-state index is 5.84. The van der Waals surface area contributed by atoms with Crippen LogP contribution in [0.3, 0.4) is 0 Å². The summed E-state index contributed by atoms with van der Waals surface area (Å²) in [5.41, 5.74) is 1.84. The van der Waals surface area contributed by atoms with E-state index in [0.29, 0.717) is 23.8 Å². The van der Waals surface area contributed by atoms with Crippen molar-refractivity contribution < 1.29 is 9.47 Å². The number of rotatable bonds is 5. The molecule has 1 aromatic carbocycles. The van der Waals surface area contributed by atoms with Crippen LogP contribution in [0.5, 0.6) is 11.5 Å². The zero-order chi connectivity index (χ0) is 14.0. The molecule has 0 aliphatic rings. The predicted molar refractivity (Wildman–Crippen MR) is 77.3 cm³/mol. The van der Waals surface area contributed by atoms with Crippen LogP contribution in [0.15, 0.2) is 12.1 Å². The summed E-state index contributed by atoms with van der Waals surface area (Å²) >= 11 is 5.84. The molecule has 6 heteroatoms. The Morgan fingerprint density at radius 3 is 2.37 bits per heavy atom. The lowest BCUT2D eigenvalue weighted by molar-refractivity contribution is 0.355. The van der Waals surface area contributed by atoms with E-state index in [4.69, 9.17) is 21.1 Å². The number of nitrogens with zero attached hydrogens (tertiary/aromatic N) is 3. The molecular weight excluding hydrogens is 266 g/mol. The molecule has 0 unspecified atom stereocenters. The van der Waals surface area contributed by atoms with Crippen molar-refractivity contribution in [2.24, 2.45) is 0 Å². The number of hydrogen-bond donors (Lipinski definition) is 0. The van der Waals surface area contributed by atoms with Gasteiger partial charge in [-0.1, -0.05) is 0 Å². The van der Waals surface area contributed by atoms with E-state index >= 15 is 0 Å². The van der Waals surface area contributed by atoms with Gasteiger partial charge in [0.2, 0.25) is 0 Å². The standard InChI is InChI=1S/C13H18ClN3O2/c1-16(2)17-10-8-12(19-4)11(18-3)7-9(10)15-13(17)5-6-14/h7-8H,5-6H2,1-4H3. The second-order valence-corrected chi connectivity index (χ2v) is 4.70. The molecule has 0 saturated heterocycles. The van der Waals surface area contributed by atoms with Crippen molar-refractivity contribution in [1.29, 1.82) is 0 Å². The molecule has 0 spiro atoms. The van der Waals surface area contributed by atoms with Gasteiger partial charge in [-0.25, -0.2) is 9.66 Å². The van der Waals surface area contributed by atoms with Crippen LogP contribution in [-0.4, -0.2) is 43.9 Å². The van der Waals surface area contributed by atoms with E-state index in [9.17, 15) is 0 Å². The molecule has 0 atom stereocenters. The van der Waals surface area contributed by atoms with Crippen LogP contribution < -0.4 is 14.5 Å². The van der Waals surface area contributed by atoms with Crippen LogP contribution in [0.1, 0.15) is 5.82 Å². The summed E-state index contributed by atoms with van der Waals surface area (Å²) < 4.78 is 12.7. The SMILES string of the molecule is COc1cc2nc(CCCl)n(N(C)C)c2cc1OC. The minimum atomic E-state index is 0.533. The molecule has 0 radical (unpaired) electrons. The Morgan fingerprint density at radius 1 is 1.21 bits per heavy atom. The lowest BCUT2D eigenvalue weighted by atomic mass is 10.2. The number of halogens is 1. The highest BCUT2D eigenvalue weighted by Gasteiger charge is 2.15. The molecule has 2 aromatic rings. The molecule has 1 heterocycles. The van der Waals surface area contributed by atoms with E-state index in [1.54, 1.807) is 14.2 Å². The summed E-state index contributed by atoms with van der Waals surface area (Å²) in [4.78, 5) is 4.61. The molecule has 0 aliphatic carbocycles. The molecule has 1 aromatic heterocycles. The van der Waals surface area contributed by atoms with Crippen LogP contribution in [0.2, 0.25) is 0 Å². The van der Waals surface area contributed by atoms with E-state index in [0.717, 1.165) is 16.9 Å². The highest BCUT2D eigenvalue weighted by molar-refractivity contribution is 6.17. The van der Waals surface area contributed by atoms with Gasteiger partial charge in [0.15, 0.2) is 11.5 Å². The van der Waals surface area contributed by atoms with Crippen molar-refractivity contribution in [3.8, 4) is 11.5 Å². The number of imidazole rings is 1. The van der Waals surface area contributed by atoms with Crippen molar-refractivity contribution in [2.45, 2.75) is 6.42 Å². The van der Waals surface area contributed by atoms with Gasteiger partial charge in [-0.2, -0.15) is 0 Å². The van der Waals surface area contributed by atoms with Crippen molar-refractivity contribution in [3.63, 3.8) is 0 Å². The van der Waals surface area contributed by atoms with Crippen LogP contribution in [0.25, 0.3) is 11.0 Å². The van der Waals surface area contributed by atoms with Gasteiger partial charge in [0.05, 0.1) is 25.3 Å². The van der Waals surface area contributed by atoms with Crippen LogP contribution >= 0.6 is 11.6 Å². The number of aromatic nitrogens is 2. The number of alkyl halides is 1. The number of hydrogen-bond acceptors (Lipinski definition) is 4. The third-order valence-corrected chi connectivity index (χ3v) is 3.11. The van der Waals surface area contributed by atoms with Crippen LogP contribution in [0.4, 0.5) is 0 Å². The molecule has 19 heavy (non-hydrogen) atoms. The Kier molecular flexibility index (Phi) is 4.04. The lowest BCUT2D eigenvalue weighted by Crippen LogP contribution is -2.27. The monoisotopic (exact) mass is 283 g/mol. The van der Waals surface area contributed by atoms with Gasteiger partial charge >= 0.3 is 0 Å². The fourth-order valence-corrected chi connectivity index (χ4v) is 2.30. The third kappa shape index (κ3) is 2.42. The number of fused-ring (bicyclic) bond motifs is 1. The van der Waals surface area contributed by atoms with Gasteiger partial charge in [-0.15, -0.1) is 11.6 Å². The minimum Gasteiger partial charge on any atom is -0.493 e. The maximum Gasteiger partial charge on any atom is 0.163 e. The Bertz CT molecular complexity index is 581. The Labute approximate surface area is 117 Å². The third-order valence-electron chi connectivity index (χ3n) is 2.92. The number of ether oxygens (including phenoxy) is 2. The zero-order valence-electron chi connectivity index (χ0n) is 11.6. The Hall–Kier alpha value is -1.62. The Balaban J connectivity index is 2.69. The van der Waals surface area contributed by atoms with Gasteiger partial charge in [0.25, 0.3) is 0 Å². The molecule has 5 nitrogen and oxygen atoms in total. The number of aryl methyl sites for hydroxylation is 1.